The highest BCUT2D eigenvalue weighted by atomic mass is 16.2. The van der Waals surface area contributed by atoms with E-state index in [0.717, 1.165) is 32.4 Å². The van der Waals surface area contributed by atoms with Crippen molar-refractivity contribution in [2.45, 2.75) is 52.0 Å². The Balaban J connectivity index is 2.03. The van der Waals surface area contributed by atoms with Crippen LogP contribution in [-0.2, 0) is 4.79 Å². The molecule has 0 radical (unpaired) electrons. The average molecular weight is 224 g/mol. The maximum Gasteiger partial charge on any atom is 0.228 e. The highest BCUT2D eigenvalue weighted by Crippen LogP contribution is 2.39. The summed E-state index contributed by atoms with van der Waals surface area (Å²) in [6.07, 6.45) is 5.59. The lowest BCUT2D eigenvalue weighted by molar-refractivity contribution is -0.143. The van der Waals surface area contributed by atoms with Gasteiger partial charge in [0.25, 0.3) is 0 Å². The van der Waals surface area contributed by atoms with Gasteiger partial charge in [-0.25, -0.2) is 0 Å². The standard InChI is InChI=1S/C13H24N2O/c1-10-7-11(14)9-15(8-10)12(16)13(2)5-3-4-6-13/h10-11H,3-9,14H2,1-2H3. The van der Waals surface area contributed by atoms with Crippen LogP contribution in [0.2, 0.25) is 0 Å². The van der Waals surface area contributed by atoms with Gasteiger partial charge in [0, 0.05) is 24.5 Å². The first-order chi connectivity index (χ1) is 7.51. The van der Waals surface area contributed by atoms with Crippen LogP contribution in [0.25, 0.3) is 0 Å². The minimum absolute atomic E-state index is 0.0865. The quantitative estimate of drug-likeness (QED) is 0.737. The zero-order chi connectivity index (χ0) is 11.8. The van der Waals surface area contributed by atoms with Gasteiger partial charge in [0.1, 0.15) is 0 Å². The Labute approximate surface area is 98.4 Å². The van der Waals surface area contributed by atoms with Crippen molar-refractivity contribution < 1.29 is 4.79 Å². The van der Waals surface area contributed by atoms with E-state index in [-0.39, 0.29) is 11.5 Å². The molecule has 16 heavy (non-hydrogen) atoms. The molecular weight excluding hydrogens is 200 g/mol. The molecule has 1 aliphatic heterocycles. The molecule has 2 atom stereocenters. The zero-order valence-corrected chi connectivity index (χ0v) is 10.5. The molecular formula is C13H24N2O. The molecule has 0 spiro atoms. The van der Waals surface area contributed by atoms with Gasteiger partial charge in [-0.15, -0.1) is 0 Å². The molecule has 1 saturated heterocycles. The number of piperidine rings is 1. The summed E-state index contributed by atoms with van der Waals surface area (Å²) < 4.78 is 0. The van der Waals surface area contributed by atoms with Crippen LogP contribution in [0.3, 0.4) is 0 Å². The summed E-state index contributed by atoms with van der Waals surface area (Å²) in [5, 5.41) is 0. The molecule has 92 valence electrons. The van der Waals surface area contributed by atoms with E-state index in [9.17, 15) is 4.79 Å². The molecule has 2 fully saturated rings. The van der Waals surface area contributed by atoms with Crippen LogP contribution in [0.4, 0.5) is 0 Å². The summed E-state index contributed by atoms with van der Waals surface area (Å²) in [6.45, 7) is 5.99. The Morgan fingerprint density at radius 2 is 1.94 bits per heavy atom. The van der Waals surface area contributed by atoms with E-state index in [1.54, 1.807) is 0 Å². The highest BCUT2D eigenvalue weighted by Gasteiger charge is 2.40. The van der Waals surface area contributed by atoms with Crippen LogP contribution in [0.15, 0.2) is 0 Å². The molecule has 2 rings (SSSR count). The largest absolute Gasteiger partial charge is 0.340 e. The van der Waals surface area contributed by atoms with Crippen molar-refractivity contribution in [3.05, 3.63) is 0 Å². The fraction of sp³-hybridized carbons (Fsp3) is 0.923. The summed E-state index contributed by atoms with van der Waals surface area (Å²) in [4.78, 5) is 14.5. The number of amides is 1. The van der Waals surface area contributed by atoms with Crippen LogP contribution in [-0.4, -0.2) is 29.9 Å². The molecule has 0 aromatic carbocycles. The van der Waals surface area contributed by atoms with Gasteiger partial charge >= 0.3 is 0 Å². The fourth-order valence-corrected chi connectivity index (χ4v) is 3.32. The predicted octanol–water partition coefficient (Wildman–Crippen LogP) is 1.76. The molecule has 1 heterocycles. The topological polar surface area (TPSA) is 46.3 Å². The number of carbonyl (C=O) groups excluding carboxylic acids is 1. The Morgan fingerprint density at radius 1 is 1.31 bits per heavy atom. The summed E-state index contributed by atoms with van der Waals surface area (Å²) in [7, 11) is 0. The van der Waals surface area contributed by atoms with E-state index >= 15 is 0 Å². The third-order valence-corrected chi connectivity index (χ3v) is 4.20. The third-order valence-electron chi connectivity index (χ3n) is 4.20. The van der Waals surface area contributed by atoms with Crippen molar-refractivity contribution in [3.63, 3.8) is 0 Å². The second-order valence-electron chi connectivity index (χ2n) is 6.08. The summed E-state index contributed by atoms with van der Waals surface area (Å²) in [6, 6.07) is 0.178. The highest BCUT2D eigenvalue weighted by molar-refractivity contribution is 5.82. The first kappa shape index (κ1) is 11.9. The second kappa shape index (κ2) is 4.36. The van der Waals surface area contributed by atoms with Crippen molar-refractivity contribution in [2.24, 2.45) is 17.1 Å². The summed E-state index contributed by atoms with van der Waals surface area (Å²) in [5.74, 6) is 0.907. The van der Waals surface area contributed by atoms with Crippen LogP contribution in [0.1, 0.15) is 46.0 Å². The predicted molar refractivity (Wildman–Crippen MR) is 64.9 cm³/mol. The summed E-state index contributed by atoms with van der Waals surface area (Å²) in [5.41, 5.74) is 5.91. The van der Waals surface area contributed by atoms with E-state index in [1.807, 2.05) is 4.90 Å². The van der Waals surface area contributed by atoms with Crippen molar-refractivity contribution >= 4 is 5.91 Å². The van der Waals surface area contributed by atoms with Crippen LogP contribution in [0.5, 0.6) is 0 Å². The van der Waals surface area contributed by atoms with Gasteiger partial charge in [-0.05, 0) is 25.2 Å². The van der Waals surface area contributed by atoms with Gasteiger partial charge in [-0.1, -0.05) is 26.7 Å². The molecule has 2 aliphatic rings. The van der Waals surface area contributed by atoms with Gasteiger partial charge in [0.2, 0.25) is 5.91 Å². The fourth-order valence-electron chi connectivity index (χ4n) is 3.32. The van der Waals surface area contributed by atoms with Gasteiger partial charge in [0.05, 0.1) is 0 Å². The SMILES string of the molecule is CC1CC(N)CN(C(=O)C2(C)CCCC2)C1. The molecule has 3 nitrogen and oxygen atoms in total. The zero-order valence-electron chi connectivity index (χ0n) is 10.5. The molecule has 3 heteroatoms. The van der Waals surface area contributed by atoms with E-state index < -0.39 is 0 Å². The number of hydrogen-bond acceptors (Lipinski definition) is 2. The van der Waals surface area contributed by atoms with Crippen molar-refractivity contribution in [1.29, 1.82) is 0 Å². The maximum absolute atomic E-state index is 12.5. The van der Waals surface area contributed by atoms with Crippen molar-refractivity contribution in [1.82, 2.24) is 4.90 Å². The molecule has 2 unspecified atom stereocenters. The number of carbonyl (C=O) groups is 1. The first-order valence-electron chi connectivity index (χ1n) is 6.56. The lowest BCUT2D eigenvalue weighted by Gasteiger charge is -2.39. The Kier molecular flexibility index (Phi) is 3.24. The van der Waals surface area contributed by atoms with Gasteiger partial charge in [0.15, 0.2) is 0 Å². The second-order valence-corrected chi connectivity index (χ2v) is 6.08. The van der Waals surface area contributed by atoms with Gasteiger partial charge < -0.3 is 10.6 Å². The van der Waals surface area contributed by atoms with Crippen molar-refractivity contribution in [2.75, 3.05) is 13.1 Å². The smallest absolute Gasteiger partial charge is 0.228 e. The van der Waals surface area contributed by atoms with Crippen LogP contribution < -0.4 is 5.73 Å². The van der Waals surface area contributed by atoms with E-state index in [2.05, 4.69) is 13.8 Å². The minimum atomic E-state index is -0.0865. The van der Waals surface area contributed by atoms with E-state index in [0.29, 0.717) is 11.8 Å². The van der Waals surface area contributed by atoms with Gasteiger partial charge in [-0.2, -0.15) is 0 Å². The lowest BCUT2D eigenvalue weighted by atomic mass is 9.85. The number of nitrogens with zero attached hydrogens (tertiary/aromatic N) is 1. The molecule has 1 aliphatic carbocycles. The molecule has 1 amide bonds. The Hall–Kier alpha value is -0.570. The molecule has 0 aromatic heterocycles. The first-order valence-corrected chi connectivity index (χ1v) is 6.56. The number of hydrogen-bond donors (Lipinski definition) is 1. The molecule has 2 N–H and O–H groups in total. The normalized spacial score (nSPS) is 34.1. The third kappa shape index (κ3) is 2.24. The monoisotopic (exact) mass is 224 g/mol. The Bertz CT molecular complexity index is 261. The molecule has 1 saturated carbocycles. The number of likely N-dealkylation sites (tertiary alicyclic amines) is 1. The van der Waals surface area contributed by atoms with Crippen molar-refractivity contribution in [3.8, 4) is 0 Å². The number of rotatable bonds is 1. The van der Waals surface area contributed by atoms with Crippen LogP contribution in [0, 0.1) is 11.3 Å². The molecule has 0 bridgehead atoms. The van der Waals surface area contributed by atoms with Gasteiger partial charge in [-0.3, -0.25) is 4.79 Å². The minimum Gasteiger partial charge on any atom is -0.340 e. The lowest BCUT2D eigenvalue weighted by Crippen LogP contribution is -2.52. The van der Waals surface area contributed by atoms with Crippen LogP contribution >= 0.6 is 0 Å². The average Bonchev–Trinajstić information content (AvgIpc) is 2.64. The van der Waals surface area contributed by atoms with E-state index in [1.165, 1.54) is 12.8 Å². The maximum atomic E-state index is 12.5. The molecule has 0 aromatic rings. The summed E-state index contributed by atoms with van der Waals surface area (Å²) >= 11 is 0. The van der Waals surface area contributed by atoms with E-state index in [4.69, 9.17) is 5.73 Å². The Morgan fingerprint density at radius 3 is 2.50 bits per heavy atom. The number of nitrogens with two attached hydrogens (primary N) is 1.